The summed E-state index contributed by atoms with van der Waals surface area (Å²) in [6.45, 7) is 5.67. The van der Waals surface area contributed by atoms with Crippen molar-refractivity contribution in [2.75, 3.05) is 40.5 Å². The molecule has 1 aromatic carbocycles. The number of carboxylic acid groups (broad SMARTS) is 1. The fraction of sp³-hybridized carbons (Fsp3) is 0.600. The van der Waals surface area contributed by atoms with E-state index in [-0.39, 0.29) is 30.7 Å². The van der Waals surface area contributed by atoms with Gasteiger partial charge in [0, 0.05) is 46.0 Å². The van der Waals surface area contributed by atoms with E-state index in [1.807, 2.05) is 30.5 Å². The number of amides is 3. The van der Waals surface area contributed by atoms with Gasteiger partial charge in [-0.1, -0.05) is 13.8 Å². The average Bonchev–Trinajstić information content (AvgIpc) is 3.21. The molecule has 1 saturated heterocycles. The third-order valence-electron chi connectivity index (χ3n) is 6.49. The highest BCUT2D eigenvalue weighted by atomic mass is 16.5. The second kappa shape index (κ2) is 12.1. The van der Waals surface area contributed by atoms with Crippen molar-refractivity contribution < 1.29 is 29.0 Å². The van der Waals surface area contributed by atoms with Gasteiger partial charge < -0.3 is 34.7 Å². The molecule has 0 saturated carbocycles. The summed E-state index contributed by atoms with van der Waals surface area (Å²) in [4.78, 5) is 45.4. The van der Waals surface area contributed by atoms with E-state index in [1.54, 1.807) is 25.2 Å². The number of ether oxygens (including phenoxy) is 2. The summed E-state index contributed by atoms with van der Waals surface area (Å²) in [6.07, 6.45) is 0.765. The first-order valence-electron chi connectivity index (χ1n) is 12.3. The monoisotopic (exact) mass is 503 g/mol. The van der Waals surface area contributed by atoms with Crippen LogP contribution in [0.15, 0.2) is 18.2 Å². The Morgan fingerprint density at radius 3 is 2.58 bits per heavy atom. The number of nitrogens with two attached hydrogens (primary N) is 1. The number of aryl methyl sites for hydroxylation is 1. The zero-order chi connectivity index (χ0) is 26.4. The van der Waals surface area contributed by atoms with Crippen molar-refractivity contribution in [3.63, 3.8) is 0 Å². The number of fused-ring (bicyclic) bond motifs is 1. The molecule has 1 aromatic heterocycles. The van der Waals surface area contributed by atoms with Crippen LogP contribution in [-0.2, 0) is 16.1 Å². The third kappa shape index (κ3) is 6.26. The van der Waals surface area contributed by atoms with E-state index in [2.05, 4.69) is 4.98 Å². The maximum atomic E-state index is 14.1. The van der Waals surface area contributed by atoms with E-state index in [0.717, 1.165) is 18.4 Å². The molecule has 11 heteroatoms. The standard InChI is InChI=1S/C25H37N5O6/c1-16(2)13-30(18-11-17(22(26)31)14-28(15-18)25(33)34)24(32)23-27-20-8-7-19(36-4)12-21(20)29(23)9-5-6-10-35-3/h7-8,12,16-18H,5-6,9-11,13-15H2,1-4H3,(H2,26,31)(H,33,34)/t17-,18+/m1/s1. The fourth-order valence-corrected chi connectivity index (χ4v) is 4.72. The lowest BCUT2D eigenvalue weighted by Gasteiger charge is -2.41. The number of imidazole rings is 1. The predicted octanol–water partition coefficient (Wildman–Crippen LogP) is 2.42. The highest BCUT2D eigenvalue weighted by Crippen LogP contribution is 2.27. The van der Waals surface area contributed by atoms with Crippen LogP contribution in [0, 0.1) is 11.8 Å². The van der Waals surface area contributed by atoms with Gasteiger partial charge in [-0.3, -0.25) is 9.59 Å². The number of primary amides is 1. The number of nitrogens with zero attached hydrogens (tertiary/aromatic N) is 4. The van der Waals surface area contributed by atoms with Crippen LogP contribution in [0.3, 0.4) is 0 Å². The van der Waals surface area contributed by atoms with Gasteiger partial charge in [-0.15, -0.1) is 0 Å². The molecule has 0 spiro atoms. The molecule has 0 radical (unpaired) electrons. The Bertz CT molecular complexity index is 1060. The van der Waals surface area contributed by atoms with Crippen molar-refractivity contribution in [1.82, 2.24) is 19.4 Å². The van der Waals surface area contributed by atoms with Crippen LogP contribution in [-0.4, -0.2) is 88.9 Å². The number of carbonyl (C=O) groups is 3. The summed E-state index contributed by atoms with van der Waals surface area (Å²) in [5.41, 5.74) is 7.01. The first-order valence-corrected chi connectivity index (χ1v) is 12.3. The minimum absolute atomic E-state index is 0.0304. The molecule has 2 aromatic rings. The number of unbranched alkanes of at least 4 members (excludes halogenated alkanes) is 1. The molecule has 198 valence electrons. The molecule has 0 aliphatic carbocycles. The molecule has 1 fully saturated rings. The average molecular weight is 504 g/mol. The molecule has 36 heavy (non-hydrogen) atoms. The highest BCUT2D eigenvalue weighted by molar-refractivity contribution is 5.95. The normalized spacial score (nSPS) is 18.0. The smallest absolute Gasteiger partial charge is 0.407 e. The Kier molecular flexibility index (Phi) is 9.14. The van der Waals surface area contributed by atoms with Crippen molar-refractivity contribution in [3.8, 4) is 5.75 Å². The Hall–Kier alpha value is -3.34. The first-order chi connectivity index (χ1) is 17.2. The van der Waals surface area contributed by atoms with Crippen LogP contribution >= 0.6 is 0 Å². The highest BCUT2D eigenvalue weighted by Gasteiger charge is 2.38. The second-order valence-electron chi connectivity index (χ2n) is 9.67. The summed E-state index contributed by atoms with van der Waals surface area (Å²) in [5.74, 6) is -0.488. The van der Waals surface area contributed by atoms with Gasteiger partial charge >= 0.3 is 6.09 Å². The van der Waals surface area contributed by atoms with Crippen LogP contribution < -0.4 is 10.5 Å². The quantitative estimate of drug-likeness (QED) is 0.449. The second-order valence-corrected chi connectivity index (χ2v) is 9.67. The van der Waals surface area contributed by atoms with E-state index in [4.69, 9.17) is 15.2 Å². The zero-order valence-electron chi connectivity index (χ0n) is 21.5. The Morgan fingerprint density at radius 2 is 1.97 bits per heavy atom. The molecule has 2 atom stereocenters. The van der Waals surface area contributed by atoms with Crippen LogP contribution in [0.4, 0.5) is 4.79 Å². The molecule has 11 nitrogen and oxygen atoms in total. The number of likely N-dealkylation sites (tertiary alicyclic amines) is 1. The maximum Gasteiger partial charge on any atom is 0.407 e. The topological polar surface area (TPSA) is 140 Å². The van der Waals surface area contributed by atoms with Gasteiger partial charge in [-0.25, -0.2) is 9.78 Å². The molecule has 0 bridgehead atoms. The Labute approximate surface area is 211 Å². The number of carbonyl (C=O) groups excluding carboxylic acids is 2. The summed E-state index contributed by atoms with van der Waals surface area (Å²) >= 11 is 0. The van der Waals surface area contributed by atoms with Crippen molar-refractivity contribution in [3.05, 3.63) is 24.0 Å². The molecule has 0 unspecified atom stereocenters. The molecule has 1 aliphatic heterocycles. The SMILES string of the molecule is COCCCCn1c(C(=O)N(CC(C)C)[C@H]2C[C@@H](C(N)=O)CN(C(=O)O)C2)nc2ccc(OC)cc21. The van der Waals surface area contributed by atoms with Crippen molar-refractivity contribution >= 4 is 28.9 Å². The molecule has 2 heterocycles. The number of aromatic nitrogens is 2. The fourth-order valence-electron chi connectivity index (χ4n) is 4.72. The number of benzene rings is 1. The maximum absolute atomic E-state index is 14.1. The van der Waals surface area contributed by atoms with Crippen LogP contribution in [0.2, 0.25) is 0 Å². The summed E-state index contributed by atoms with van der Waals surface area (Å²) in [7, 11) is 3.24. The predicted molar refractivity (Wildman–Crippen MR) is 134 cm³/mol. The first kappa shape index (κ1) is 27.3. The largest absolute Gasteiger partial charge is 0.497 e. The van der Waals surface area contributed by atoms with Gasteiger partial charge in [-0.05, 0) is 37.3 Å². The molecule has 3 rings (SSSR count). The van der Waals surface area contributed by atoms with Crippen LogP contribution in [0.25, 0.3) is 11.0 Å². The molecule has 3 N–H and O–H groups in total. The number of hydrogen-bond acceptors (Lipinski definition) is 6. The number of hydrogen-bond donors (Lipinski definition) is 2. The lowest BCUT2D eigenvalue weighted by molar-refractivity contribution is -0.124. The zero-order valence-corrected chi connectivity index (χ0v) is 21.5. The van der Waals surface area contributed by atoms with Gasteiger partial charge in [0.1, 0.15) is 5.75 Å². The summed E-state index contributed by atoms with van der Waals surface area (Å²) in [6, 6.07) is 4.98. The van der Waals surface area contributed by atoms with E-state index < -0.39 is 24.0 Å². The van der Waals surface area contributed by atoms with E-state index in [1.165, 1.54) is 4.90 Å². The lowest BCUT2D eigenvalue weighted by Crippen LogP contribution is -2.56. The minimum Gasteiger partial charge on any atom is -0.497 e. The Balaban J connectivity index is 2.02. The van der Waals surface area contributed by atoms with Crippen molar-refractivity contribution in [1.29, 1.82) is 0 Å². The number of methoxy groups -OCH3 is 2. The van der Waals surface area contributed by atoms with Gasteiger partial charge in [0.25, 0.3) is 5.91 Å². The minimum atomic E-state index is -1.14. The molecule has 1 aliphatic rings. The number of piperidine rings is 1. The van der Waals surface area contributed by atoms with Crippen molar-refractivity contribution in [2.24, 2.45) is 17.6 Å². The number of rotatable bonds is 11. The van der Waals surface area contributed by atoms with Gasteiger partial charge in [-0.2, -0.15) is 0 Å². The molecule has 3 amide bonds. The van der Waals surface area contributed by atoms with Gasteiger partial charge in [0.05, 0.1) is 30.1 Å². The van der Waals surface area contributed by atoms with E-state index in [0.29, 0.717) is 37.4 Å². The van der Waals surface area contributed by atoms with Crippen LogP contribution in [0.5, 0.6) is 5.75 Å². The van der Waals surface area contributed by atoms with E-state index in [9.17, 15) is 19.5 Å². The summed E-state index contributed by atoms with van der Waals surface area (Å²) < 4.78 is 12.5. The molecular formula is C25H37N5O6. The molecular weight excluding hydrogens is 466 g/mol. The summed E-state index contributed by atoms with van der Waals surface area (Å²) in [5, 5.41) is 9.64. The van der Waals surface area contributed by atoms with Gasteiger partial charge in [0.15, 0.2) is 5.82 Å². The van der Waals surface area contributed by atoms with Gasteiger partial charge in [0.2, 0.25) is 5.91 Å². The third-order valence-corrected chi connectivity index (χ3v) is 6.49. The van der Waals surface area contributed by atoms with Crippen molar-refractivity contribution in [2.45, 2.75) is 45.7 Å². The Morgan fingerprint density at radius 1 is 1.22 bits per heavy atom. The lowest BCUT2D eigenvalue weighted by atomic mass is 9.92. The van der Waals surface area contributed by atoms with E-state index >= 15 is 0 Å². The van der Waals surface area contributed by atoms with Crippen LogP contribution in [0.1, 0.15) is 43.7 Å².